The number of imidazole rings is 2. The Morgan fingerprint density at radius 2 is 1.89 bits per heavy atom. The Morgan fingerprint density at radius 3 is 2.62 bits per heavy atom. The Labute approximate surface area is 208 Å². The minimum Gasteiger partial charge on any atom is -0.343 e. The number of hydrogen-bond acceptors (Lipinski definition) is 5. The maximum Gasteiger partial charge on any atom is 0.408 e. The van der Waals surface area contributed by atoms with Crippen LogP contribution in [0, 0.1) is 13.8 Å². The zero-order valence-corrected chi connectivity index (χ0v) is 20.1. The van der Waals surface area contributed by atoms with E-state index in [9.17, 15) is 22.8 Å². The van der Waals surface area contributed by atoms with E-state index >= 15 is 0 Å². The highest BCUT2D eigenvalue weighted by atomic mass is 19.4. The van der Waals surface area contributed by atoms with E-state index in [2.05, 4.69) is 15.0 Å². The molecule has 1 unspecified atom stereocenters. The van der Waals surface area contributed by atoms with E-state index in [0.29, 0.717) is 22.4 Å². The van der Waals surface area contributed by atoms with Gasteiger partial charge in [-0.25, -0.2) is 24.3 Å². The van der Waals surface area contributed by atoms with Gasteiger partial charge in [-0.05, 0) is 44.5 Å². The maximum atomic E-state index is 13.6. The van der Waals surface area contributed by atoms with Gasteiger partial charge in [0.1, 0.15) is 12.6 Å². The average molecular weight is 509 g/mol. The number of hydrogen-bond donors (Lipinski definition) is 1. The number of aromatic nitrogens is 6. The van der Waals surface area contributed by atoms with Gasteiger partial charge in [-0.3, -0.25) is 9.36 Å². The molecule has 0 aliphatic carbocycles. The number of amides is 1. The van der Waals surface area contributed by atoms with Crippen molar-refractivity contribution >= 4 is 22.5 Å². The summed E-state index contributed by atoms with van der Waals surface area (Å²) in [5.41, 5.74) is 3.70. The quantitative estimate of drug-likeness (QED) is 0.391. The van der Waals surface area contributed by atoms with Crippen LogP contribution in [0.1, 0.15) is 18.2 Å². The molecule has 9 nitrogen and oxygen atoms in total. The van der Waals surface area contributed by atoms with E-state index in [-0.39, 0.29) is 5.82 Å². The third kappa shape index (κ3) is 4.24. The van der Waals surface area contributed by atoms with Crippen LogP contribution in [0.5, 0.6) is 0 Å². The molecule has 0 aliphatic heterocycles. The minimum atomic E-state index is -4.60. The van der Waals surface area contributed by atoms with E-state index < -0.39 is 30.4 Å². The van der Waals surface area contributed by atoms with E-state index in [0.717, 1.165) is 28.1 Å². The monoisotopic (exact) mass is 509 g/mol. The summed E-state index contributed by atoms with van der Waals surface area (Å²) in [5.74, 6) is -0.670. The van der Waals surface area contributed by atoms with Crippen molar-refractivity contribution in [3.63, 3.8) is 0 Å². The molecule has 0 aliphatic rings. The van der Waals surface area contributed by atoms with E-state index in [4.69, 9.17) is 0 Å². The molecule has 4 aromatic heterocycles. The Morgan fingerprint density at radius 1 is 1.11 bits per heavy atom. The molecule has 12 heteroatoms. The van der Waals surface area contributed by atoms with Crippen LogP contribution in [0.15, 0.2) is 60.0 Å². The zero-order chi connectivity index (χ0) is 26.5. The fourth-order valence-corrected chi connectivity index (χ4v) is 4.32. The molecule has 0 saturated carbocycles. The first-order valence-electron chi connectivity index (χ1n) is 11.4. The molecular weight excluding hydrogens is 487 g/mol. The van der Waals surface area contributed by atoms with Crippen LogP contribution >= 0.6 is 0 Å². The number of carbonyl (C=O) groups is 1. The summed E-state index contributed by atoms with van der Waals surface area (Å²) in [6.45, 7) is 3.78. The minimum absolute atomic E-state index is 0.260. The Balaban J connectivity index is 1.60. The number of rotatable bonds is 5. The molecule has 190 valence electrons. The third-order valence-electron chi connectivity index (χ3n) is 6.18. The molecular formula is C25H22F3N7O2. The van der Waals surface area contributed by atoms with E-state index in [1.165, 1.54) is 4.57 Å². The summed E-state index contributed by atoms with van der Waals surface area (Å²) < 4.78 is 43.1. The van der Waals surface area contributed by atoms with Crippen LogP contribution in [0.4, 0.5) is 13.2 Å². The molecule has 1 amide bonds. The second-order valence-corrected chi connectivity index (χ2v) is 8.75. The molecule has 0 fully saturated rings. The fourth-order valence-electron chi connectivity index (χ4n) is 4.32. The van der Waals surface area contributed by atoms with Crippen molar-refractivity contribution in [2.24, 2.45) is 0 Å². The van der Waals surface area contributed by atoms with Crippen molar-refractivity contribution in [3.8, 4) is 17.1 Å². The first-order chi connectivity index (χ1) is 17.6. The highest BCUT2D eigenvalue weighted by Crippen LogP contribution is 2.26. The van der Waals surface area contributed by atoms with Crippen molar-refractivity contribution in [1.82, 2.24) is 33.8 Å². The number of pyridine rings is 1. The van der Waals surface area contributed by atoms with Crippen molar-refractivity contribution < 1.29 is 18.0 Å². The summed E-state index contributed by atoms with van der Waals surface area (Å²) in [5, 5.41) is 1.91. The average Bonchev–Trinajstić information content (AvgIpc) is 3.42. The van der Waals surface area contributed by atoms with Gasteiger partial charge in [-0.1, -0.05) is 12.1 Å². The van der Waals surface area contributed by atoms with Gasteiger partial charge in [0.05, 0.1) is 46.7 Å². The first kappa shape index (κ1) is 24.2. The lowest BCUT2D eigenvalue weighted by Crippen LogP contribution is -2.45. The maximum absolute atomic E-state index is 13.6. The number of fused-ring (bicyclic) bond motifs is 2. The number of aryl methyl sites for hydroxylation is 2. The van der Waals surface area contributed by atoms with Crippen LogP contribution in [-0.2, 0) is 11.3 Å². The summed E-state index contributed by atoms with van der Waals surface area (Å²) >= 11 is 0. The molecule has 5 aromatic rings. The molecule has 4 heterocycles. The van der Waals surface area contributed by atoms with Gasteiger partial charge < -0.3 is 9.72 Å². The van der Waals surface area contributed by atoms with Gasteiger partial charge in [0.25, 0.3) is 0 Å². The van der Waals surface area contributed by atoms with Gasteiger partial charge in [-0.15, -0.1) is 0 Å². The fraction of sp³-hybridized carbons (Fsp3) is 0.240. The number of para-hydroxylation sites is 1. The molecule has 1 atom stereocenters. The number of benzene rings is 1. The number of nitrogens with zero attached hydrogens (tertiary/aromatic N) is 6. The SMILES string of the molecule is Cc1nc(-c2cccn3cncc23)cnc1-n1c(=O)n(CC(=O)NC(C)C(F)(F)F)c2cccc(C)c21. The van der Waals surface area contributed by atoms with Crippen molar-refractivity contribution in [3.05, 3.63) is 77.0 Å². The lowest BCUT2D eigenvalue weighted by molar-refractivity contribution is -0.158. The predicted octanol–water partition coefficient (Wildman–Crippen LogP) is 3.58. The van der Waals surface area contributed by atoms with Crippen LogP contribution in [0.2, 0.25) is 0 Å². The molecule has 5 rings (SSSR count). The molecule has 0 bridgehead atoms. The van der Waals surface area contributed by atoms with Gasteiger partial charge in [0, 0.05) is 11.8 Å². The molecule has 1 aromatic carbocycles. The van der Waals surface area contributed by atoms with E-state index in [1.54, 1.807) is 50.8 Å². The number of carbonyl (C=O) groups excluding carboxylic acids is 1. The summed E-state index contributed by atoms with van der Waals surface area (Å²) in [7, 11) is 0. The first-order valence-corrected chi connectivity index (χ1v) is 11.4. The summed E-state index contributed by atoms with van der Waals surface area (Å²) in [4.78, 5) is 39.4. The van der Waals surface area contributed by atoms with Crippen LogP contribution < -0.4 is 11.0 Å². The Kier molecular flexibility index (Phi) is 5.81. The topological polar surface area (TPSA) is 99.1 Å². The Hall–Kier alpha value is -4.48. The summed E-state index contributed by atoms with van der Waals surface area (Å²) in [6, 6.07) is 6.85. The standard InChI is InChI=1S/C25H22F3N7O2/c1-14-6-4-8-19-22(14)35(24(37)34(19)12-21(36)32-16(3)25(26,27)28)23-15(2)31-18(10-30-23)17-7-5-9-33-13-29-11-20(17)33/h4-11,13,16H,12H2,1-3H3,(H,32,36). The number of nitrogens with one attached hydrogen (secondary N) is 1. The summed E-state index contributed by atoms with van der Waals surface area (Å²) in [6.07, 6.45) is 2.21. The molecule has 1 N–H and O–H groups in total. The van der Waals surface area contributed by atoms with Gasteiger partial charge in [0.15, 0.2) is 5.82 Å². The van der Waals surface area contributed by atoms with Gasteiger partial charge in [-0.2, -0.15) is 13.2 Å². The van der Waals surface area contributed by atoms with Crippen LogP contribution in [-0.4, -0.2) is 46.6 Å². The second kappa shape index (κ2) is 8.87. The third-order valence-corrected chi connectivity index (χ3v) is 6.18. The normalized spacial score (nSPS) is 12.8. The van der Waals surface area contributed by atoms with Crippen LogP contribution in [0.25, 0.3) is 33.6 Å². The largest absolute Gasteiger partial charge is 0.408 e. The molecule has 0 saturated heterocycles. The number of alkyl halides is 3. The molecule has 0 spiro atoms. The second-order valence-electron chi connectivity index (χ2n) is 8.75. The van der Waals surface area contributed by atoms with Crippen LogP contribution in [0.3, 0.4) is 0 Å². The molecule has 37 heavy (non-hydrogen) atoms. The van der Waals surface area contributed by atoms with Crippen molar-refractivity contribution in [2.75, 3.05) is 0 Å². The van der Waals surface area contributed by atoms with Gasteiger partial charge >= 0.3 is 11.9 Å². The lowest BCUT2D eigenvalue weighted by Gasteiger charge is -2.17. The highest BCUT2D eigenvalue weighted by molar-refractivity contribution is 5.84. The molecule has 0 radical (unpaired) electrons. The van der Waals surface area contributed by atoms with Crippen molar-refractivity contribution in [2.45, 2.75) is 39.5 Å². The van der Waals surface area contributed by atoms with E-state index in [1.807, 2.05) is 28.0 Å². The predicted molar refractivity (Wildman–Crippen MR) is 130 cm³/mol. The van der Waals surface area contributed by atoms with Gasteiger partial charge in [0.2, 0.25) is 5.91 Å². The van der Waals surface area contributed by atoms with Crippen molar-refractivity contribution in [1.29, 1.82) is 0 Å². The zero-order valence-electron chi connectivity index (χ0n) is 20.1. The Bertz CT molecular complexity index is 1720. The lowest BCUT2D eigenvalue weighted by atomic mass is 10.1. The number of halogens is 3. The smallest absolute Gasteiger partial charge is 0.343 e. The highest BCUT2D eigenvalue weighted by Gasteiger charge is 2.37.